The fourth-order valence-corrected chi connectivity index (χ4v) is 1.55. The van der Waals surface area contributed by atoms with E-state index in [1.165, 1.54) is 5.57 Å². The van der Waals surface area contributed by atoms with Crippen LogP contribution in [-0.2, 0) is 0 Å². The fraction of sp³-hybridized carbons (Fsp3) is 0.167. The number of allylic oxidation sites excluding steroid dienone is 1. The number of benzene rings is 2. The van der Waals surface area contributed by atoms with E-state index in [1.54, 1.807) is 48.5 Å². The SMILES string of the molecule is C=C(C)C.O=C(c1ccccc1)C(O)c1ccccc1. The lowest BCUT2D eigenvalue weighted by Crippen LogP contribution is -2.11. The Morgan fingerprint density at radius 1 is 0.950 bits per heavy atom. The van der Waals surface area contributed by atoms with Crippen LogP contribution in [0.1, 0.15) is 35.9 Å². The molecule has 0 aliphatic carbocycles. The molecule has 2 aromatic carbocycles. The van der Waals surface area contributed by atoms with Gasteiger partial charge in [0, 0.05) is 5.56 Å². The molecule has 0 fully saturated rings. The molecule has 0 bridgehead atoms. The van der Waals surface area contributed by atoms with Crippen molar-refractivity contribution in [1.29, 1.82) is 0 Å². The maximum atomic E-state index is 11.9. The van der Waals surface area contributed by atoms with Crippen molar-refractivity contribution in [2.24, 2.45) is 0 Å². The quantitative estimate of drug-likeness (QED) is 0.669. The van der Waals surface area contributed by atoms with Gasteiger partial charge in [-0.1, -0.05) is 66.2 Å². The summed E-state index contributed by atoms with van der Waals surface area (Å²) in [5.74, 6) is -0.271. The lowest BCUT2D eigenvalue weighted by Gasteiger charge is -2.09. The number of hydrogen-bond donors (Lipinski definition) is 1. The summed E-state index contributed by atoms with van der Waals surface area (Å²) in [5.41, 5.74) is 2.32. The Kier molecular flexibility index (Phi) is 6.41. The molecule has 1 N–H and O–H groups in total. The summed E-state index contributed by atoms with van der Waals surface area (Å²) in [6.07, 6.45) is -1.08. The van der Waals surface area contributed by atoms with Crippen molar-refractivity contribution in [3.8, 4) is 0 Å². The number of Topliss-reactive ketones (excluding diaryl/α,β-unsaturated/α-hetero) is 1. The molecule has 0 aliphatic heterocycles. The monoisotopic (exact) mass is 268 g/mol. The van der Waals surface area contributed by atoms with Crippen molar-refractivity contribution >= 4 is 5.78 Å². The number of ketones is 1. The van der Waals surface area contributed by atoms with Gasteiger partial charge in [-0.3, -0.25) is 4.79 Å². The van der Waals surface area contributed by atoms with Crippen molar-refractivity contribution in [1.82, 2.24) is 0 Å². The molecule has 2 rings (SSSR count). The molecule has 2 aromatic rings. The summed E-state index contributed by atoms with van der Waals surface area (Å²) in [5, 5.41) is 9.89. The Bertz CT molecular complexity index is 540. The zero-order valence-corrected chi connectivity index (χ0v) is 11.9. The number of aliphatic hydroxyl groups is 1. The van der Waals surface area contributed by atoms with E-state index in [9.17, 15) is 9.90 Å². The summed E-state index contributed by atoms with van der Waals surface area (Å²) in [7, 11) is 0. The van der Waals surface area contributed by atoms with Crippen molar-refractivity contribution in [3.05, 3.63) is 83.9 Å². The second-order valence-corrected chi connectivity index (χ2v) is 4.75. The molecule has 0 aromatic heterocycles. The first-order valence-electron chi connectivity index (χ1n) is 6.46. The third-order valence-corrected chi connectivity index (χ3v) is 2.42. The van der Waals surface area contributed by atoms with E-state index in [-0.39, 0.29) is 5.78 Å². The summed E-state index contributed by atoms with van der Waals surface area (Å²) in [6, 6.07) is 17.7. The van der Waals surface area contributed by atoms with Gasteiger partial charge in [0.25, 0.3) is 0 Å². The highest BCUT2D eigenvalue weighted by atomic mass is 16.3. The lowest BCUT2D eigenvalue weighted by atomic mass is 10.0. The fourth-order valence-electron chi connectivity index (χ4n) is 1.55. The van der Waals surface area contributed by atoms with Crippen molar-refractivity contribution < 1.29 is 9.90 Å². The maximum absolute atomic E-state index is 11.9. The van der Waals surface area contributed by atoms with Crippen LogP contribution in [-0.4, -0.2) is 10.9 Å². The highest BCUT2D eigenvalue weighted by molar-refractivity contribution is 5.99. The number of carbonyl (C=O) groups excluding carboxylic acids is 1. The van der Waals surface area contributed by atoms with Crippen LogP contribution < -0.4 is 0 Å². The van der Waals surface area contributed by atoms with Crippen LogP contribution in [0.3, 0.4) is 0 Å². The first-order chi connectivity index (χ1) is 9.52. The summed E-state index contributed by atoms with van der Waals surface area (Å²) in [6.45, 7) is 7.50. The van der Waals surface area contributed by atoms with Gasteiger partial charge in [0.2, 0.25) is 0 Å². The molecule has 0 amide bonds. The minimum Gasteiger partial charge on any atom is -0.380 e. The van der Waals surface area contributed by atoms with Gasteiger partial charge in [-0.15, -0.1) is 6.58 Å². The lowest BCUT2D eigenvalue weighted by molar-refractivity contribution is 0.0747. The Balaban J connectivity index is 0.000000444. The van der Waals surface area contributed by atoms with Crippen molar-refractivity contribution in [3.63, 3.8) is 0 Å². The topological polar surface area (TPSA) is 37.3 Å². The van der Waals surface area contributed by atoms with Crippen LogP contribution in [0.2, 0.25) is 0 Å². The van der Waals surface area contributed by atoms with E-state index in [2.05, 4.69) is 6.58 Å². The first kappa shape index (κ1) is 15.9. The average Bonchev–Trinajstić information content (AvgIpc) is 2.47. The van der Waals surface area contributed by atoms with E-state index in [0.717, 1.165) is 0 Å². The zero-order valence-electron chi connectivity index (χ0n) is 11.9. The molecule has 0 heterocycles. The van der Waals surface area contributed by atoms with Crippen molar-refractivity contribution in [2.45, 2.75) is 20.0 Å². The predicted molar refractivity (Wildman–Crippen MR) is 82.7 cm³/mol. The summed E-state index contributed by atoms with van der Waals surface area (Å²) >= 11 is 0. The normalized spacial score (nSPS) is 10.9. The highest BCUT2D eigenvalue weighted by Crippen LogP contribution is 2.17. The van der Waals surface area contributed by atoms with Crippen molar-refractivity contribution in [2.75, 3.05) is 0 Å². The molecule has 2 heteroatoms. The highest BCUT2D eigenvalue weighted by Gasteiger charge is 2.18. The molecule has 1 atom stereocenters. The van der Waals surface area contributed by atoms with Crippen LogP contribution >= 0.6 is 0 Å². The van der Waals surface area contributed by atoms with Gasteiger partial charge in [0.15, 0.2) is 5.78 Å². The molecule has 0 radical (unpaired) electrons. The summed E-state index contributed by atoms with van der Waals surface area (Å²) in [4.78, 5) is 11.9. The largest absolute Gasteiger partial charge is 0.380 e. The third kappa shape index (κ3) is 5.21. The zero-order chi connectivity index (χ0) is 15.0. The third-order valence-electron chi connectivity index (χ3n) is 2.42. The number of carbonyl (C=O) groups is 1. The van der Waals surface area contributed by atoms with Crippen LogP contribution in [0.4, 0.5) is 0 Å². The van der Waals surface area contributed by atoms with Crippen LogP contribution in [0.15, 0.2) is 72.8 Å². The molecule has 2 nitrogen and oxygen atoms in total. The number of aliphatic hydroxyl groups excluding tert-OH is 1. The molecule has 0 saturated carbocycles. The van der Waals surface area contributed by atoms with Gasteiger partial charge in [-0.2, -0.15) is 0 Å². The van der Waals surface area contributed by atoms with Gasteiger partial charge < -0.3 is 5.11 Å². The smallest absolute Gasteiger partial charge is 0.195 e. The second kappa shape index (κ2) is 8.08. The van der Waals surface area contributed by atoms with E-state index >= 15 is 0 Å². The molecule has 0 spiro atoms. The molecule has 0 aliphatic rings. The van der Waals surface area contributed by atoms with Gasteiger partial charge in [0.1, 0.15) is 6.10 Å². The Morgan fingerprint density at radius 2 is 1.35 bits per heavy atom. The minimum absolute atomic E-state index is 0.271. The van der Waals surface area contributed by atoms with Crippen LogP contribution in [0.5, 0.6) is 0 Å². The van der Waals surface area contributed by atoms with Crippen LogP contribution in [0, 0.1) is 0 Å². The van der Waals surface area contributed by atoms with Gasteiger partial charge in [-0.25, -0.2) is 0 Å². The van der Waals surface area contributed by atoms with Crippen LogP contribution in [0.25, 0.3) is 0 Å². The van der Waals surface area contributed by atoms with E-state index in [4.69, 9.17) is 0 Å². The Labute approximate surface area is 120 Å². The van der Waals surface area contributed by atoms with Gasteiger partial charge in [0.05, 0.1) is 0 Å². The average molecular weight is 268 g/mol. The number of hydrogen-bond acceptors (Lipinski definition) is 2. The Morgan fingerprint density at radius 3 is 1.80 bits per heavy atom. The predicted octanol–water partition coefficient (Wildman–Crippen LogP) is 4.19. The molecule has 0 saturated heterocycles. The Hall–Kier alpha value is -2.19. The van der Waals surface area contributed by atoms with E-state index in [1.807, 2.05) is 26.0 Å². The standard InChI is InChI=1S/C14H12O2.C4H8/c15-13(11-7-3-1-4-8-11)14(16)12-9-5-2-6-10-12;1-4(2)3/h1-10,13,15H;1H2,2-3H3. The van der Waals surface area contributed by atoms with Gasteiger partial charge >= 0.3 is 0 Å². The molecule has 1 unspecified atom stereocenters. The number of rotatable bonds is 3. The van der Waals surface area contributed by atoms with E-state index < -0.39 is 6.10 Å². The minimum atomic E-state index is -1.08. The molecular formula is C18H20O2. The first-order valence-corrected chi connectivity index (χ1v) is 6.46. The molecule has 104 valence electrons. The molecule has 20 heavy (non-hydrogen) atoms. The second-order valence-electron chi connectivity index (χ2n) is 4.75. The summed E-state index contributed by atoms with van der Waals surface area (Å²) < 4.78 is 0. The molecular weight excluding hydrogens is 248 g/mol. The van der Waals surface area contributed by atoms with Gasteiger partial charge in [-0.05, 0) is 19.4 Å². The van der Waals surface area contributed by atoms with E-state index in [0.29, 0.717) is 11.1 Å². The maximum Gasteiger partial charge on any atom is 0.195 e.